The molecule has 19 heavy (non-hydrogen) atoms. The van der Waals surface area contributed by atoms with Crippen LogP contribution in [0.25, 0.3) is 22.2 Å². The van der Waals surface area contributed by atoms with Gasteiger partial charge in [0.15, 0.2) is 0 Å². The number of benzene rings is 2. The van der Waals surface area contributed by atoms with Crippen LogP contribution in [0.4, 0.5) is 5.69 Å². The second-order valence-corrected chi connectivity index (χ2v) is 4.87. The molecule has 2 heteroatoms. The number of fused-ring (bicyclic) bond motifs is 1. The molecule has 0 aliphatic heterocycles. The van der Waals surface area contributed by atoms with Gasteiger partial charge in [0.25, 0.3) is 0 Å². The number of aryl methyl sites for hydroxylation is 2. The minimum atomic E-state index is 0.784. The van der Waals surface area contributed by atoms with Gasteiger partial charge < -0.3 is 5.73 Å². The van der Waals surface area contributed by atoms with E-state index in [1.165, 1.54) is 11.1 Å². The summed E-state index contributed by atoms with van der Waals surface area (Å²) in [7, 11) is 0. The molecule has 0 saturated carbocycles. The lowest BCUT2D eigenvalue weighted by Crippen LogP contribution is -1.95. The van der Waals surface area contributed by atoms with Gasteiger partial charge >= 0.3 is 0 Å². The van der Waals surface area contributed by atoms with Gasteiger partial charge in [0.05, 0.1) is 11.2 Å². The van der Waals surface area contributed by atoms with Crippen molar-refractivity contribution in [2.24, 2.45) is 0 Å². The fourth-order valence-corrected chi connectivity index (χ4v) is 2.31. The van der Waals surface area contributed by atoms with Crippen molar-refractivity contribution >= 4 is 16.6 Å². The van der Waals surface area contributed by atoms with Gasteiger partial charge in [0.2, 0.25) is 0 Å². The second kappa shape index (κ2) is 4.39. The number of pyridine rings is 1. The third-order valence-electron chi connectivity index (χ3n) is 3.61. The highest BCUT2D eigenvalue weighted by Gasteiger charge is 2.08. The zero-order valence-corrected chi connectivity index (χ0v) is 11.1. The molecule has 0 spiro atoms. The van der Waals surface area contributed by atoms with Gasteiger partial charge in [0, 0.05) is 16.6 Å². The molecule has 3 rings (SSSR count). The van der Waals surface area contributed by atoms with Gasteiger partial charge in [-0.25, -0.2) is 4.98 Å². The topological polar surface area (TPSA) is 38.9 Å². The molecule has 0 bridgehead atoms. The number of nitrogens with two attached hydrogens (primary N) is 1. The molecule has 94 valence electrons. The first-order chi connectivity index (χ1) is 9.16. The molecule has 2 aromatic carbocycles. The lowest BCUT2D eigenvalue weighted by molar-refractivity contribution is 1.31. The van der Waals surface area contributed by atoms with Crippen LogP contribution in [0.5, 0.6) is 0 Å². The highest BCUT2D eigenvalue weighted by molar-refractivity contribution is 5.95. The van der Waals surface area contributed by atoms with Crippen molar-refractivity contribution in [3.63, 3.8) is 0 Å². The quantitative estimate of drug-likeness (QED) is 0.704. The number of hydrogen-bond donors (Lipinski definition) is 1. The maximum atomic E-state index is 6.17. The van der Waals surface area contributed by atoms with Gasteiger partial charge in [-0.1, -0.05) is 42.5 Å². The standard InChI is InChI=1S/C17H16N2/c1-11-8-9-14-15(18)10-16(19-17(14)12(11)2)13-6-4-3-5-7-13/h3-10H,1-2H3,(H2,18,19). The molecule has 2 nitrogen and oxygen atoms in total. The summed E-state index contributed by atoms with van der Waals surface area (Å²) in [6, 6.07) is 16.2. The average molecular weight is 248 g/mol. The molecule has 0 amide bonds. The van der Waals surface area contributed by atoms with E-state index in [2.05, 4.69) is 38.1 Å². The lowest BCUT2D eigenvalue weighted by atomic mass is 10.0. The Morgan fingerprint density at radius 3 is 2.42 bits per heavy atom. The Kier molecular flexibility index (Phi) is 2.71. The van der Waals surface area contributed by atoms with Gasteiger partial charge in [-0.3, -0.25) is 0 Å². The summed E-state index contributed by atoms with van der Waals surface area (Å²) in [5.41, 5.74) is 12.4. The van der Waals surface area contributed by atoms with E-state index in [1.54, 1.807) is 0 Å². The number of anilines is 1. The zero-order valence-electron chi connectivity index (χ0n) is 11.1. The summed E-state index contributed by atoms with van der Waals surface area (Å²) in [4.78, 5) is 4.79. The van der Waals surface area contributed by atoms with Crippen molar-refractivity contribution in [2.75, 3.05) is 5.73 Å². The van der Waals surface area contributed by atoms with Crippen LogP contribution in [0.2, 0.25) is 0 Å². The van der Waals surface area contributed by atoms with Crippen molar-refractivity contribution in [1.29, 1.82) is 0 Å². The highest BCUT2D eigenvalue weighted by atomic mass is 14.7. The molecular formula is C17H16N2. The highest BCUT2D eigenvalue weighted by Crippen LogP contribution is 2.29. The summed E-state index contributed by atoms with van der Waals surface area (Å²) < 4.78 is 0. The van der Waals surface area contributed by atoms with E-state index in [9.17, 15) is 0 Å². The summed E-state index contributed by atoms with van der Waals surface area (Å²) in [5.74, 6) is 0. The van der Waals surface area contributed by atoms with E-state index in [4.69, 9.17) is 10.7 Å². The minimum absolute atomic E-state index is 0.784. The molecular weight excluding hydrogens is 232 g/mol. The van der Waals surface area contributed by atoms with Gasteiger partial charge in [-0.2, -0.15) is 0 Å². The summed E-state index contributed by atoms with van der Waals surface area (Å²) >= 11 is 0. The number of aromatic nitrogens is 1. The van der Waals surface area contributed by atoms with E-state index in [1.807, 2.05) is 24.3 Å². The molecule has 0 aliphatic carbocycles. The number of nitrogen functional groups attached to an aromatic ring is 1. The van der Waals surface area contributed by atoms with Crippen LogP contribution in [0.1, 0.15) is 11.1 Å². The van der Waals surface area contributed by atoms with Crippen LogP contribution in [-0.4, -0.2) is 4.98 Å². The third kappa shape index (κ3) is 1.95. The lowest BCUT2D eigenvalue weighted by Gasteiger charge is -2.10. The summed E-state index contributed by atoms with van der Waals surface area (Å²) in [6.07, 6.45) is 0. The van der Waals surface area contributed by atoms with Gasteiger partial charge in [-0.05, 0) is 31.0 Å². The minimum Gasteiger partial charge on any atom is -0.398 e. The van der Waals surface area contributed by atoms with E-state index >= 15 is 0 Å². The number of hydrogen-bond acceptors (Lipinski definition) is 2. The van der Waals surface area contributed by atoms with Crippen molar-refractivity contribution in [3.05, 3.63) is 59.7 Å². The van der Waals surface area contributed by atoms with Crippen molar-refractivity contribution in [3.8, 4) is 11.3 Å². The molecule has 0 unspecified atom stereocenters. The molecule has 1 aromatic heterocycles. The maximum Gasteiger partial charge on any atom is 0.0761 e. The first-order valence-electron chi connectivity index (χ1n) is 6.38. The Hall–Kier alpha value is -2.35. The largest absolute Gasteiger partial charge is 0.398 e. The average Bonchev–Trinajstić information content (AvgIpc) is 2.44. The fourth-order valence-electron chi connectivity index (χ4n) is 2.31. The number of nitrogens with zero attached hydrogens (tertiary/aromatic N) is 1. The van der Waals surface area contributed by atoms with E-state index in [0.29, 0.717) is 0 Å². The van der Waals surface area contributed by atoms with E-state index < -0.39 is 0 Å². The molecule has 2 N–H and O–H groups in total. The Morgan fingerprint density at radius 1 is 0.947 bits per heavy atom. The third-order valence-corrected chi connectivity index (χ3v) is 3.61. The smallest absolute Gasteiger partial charge is 0.0761 e. The Bertz CT molecular complexity index is 746. The first-order valence-corrected chi connectivity index (χ1v) is 6.38. The molecule has 1 heterocycles. The fraction of sp³-hybridized carbons (Fsp3) is 0.118. The van der Waals surface area contributed by atoms with Crippen molar-refractivity contribution in [1.82, 2.24) is 4.98 Å². The van der Waals surface area contributed by atoms with Crippen LogP contribution >= 0.6 is 0 Å². The monoisotopic (exact) mass is 248 g/mol. The Labute approximate surface area is 112 Å². The van der Waals surface area contributed by atoms with Crippen LogP contribution in [0.3, 0.4) is 0 Å². The summed E-state index contributed by atoms with van der Waals surface area (Å²) in [5, 5.41) is 1.03. The summed E-state index contributed by atoms with van der Waals surface area (Å²) in [6.45, 7) is 4.20. The molecule has 0 fully saturated rings. The Morgan fingerprint density at radius 2 is 1.68 bits per heavy atom. The van der Waals surface area contributed by atoms with Gasteiger partial charge in [-0.15, -0.1) is 0 Å². The maximum absolute atomic E-state index is 6.17. The molecule has 3 aromatic rings. The van der Waals surface area contributed by atoms with E-state index in [-0.39, 0.29) is 0 Å². The first kappa shape index (κ1) is 11.7. The van der Waals surface area contributed by atoms with Gasteiger partial charge in [0.1, 0.15) is 0 Å². The second-order valence-electron chi connectivity index (χ2n) is 4.87. The van der Waals surface area contributed by atoms with Crippen molar-refractivity contribution in [2.45, 2.75) is 13.8 Å². The predicted octanol–water partition coefficient (Wildman–Crippen LogP) is 4.10. The molecule has 0 saturated heterocycles. The van der Waals surface area contributed by atoms with Crippen LogP contribution < -0.4 is 5.73 Å². The van der Waals surface area contributed by atoms with Crippen LogP contribution in [-0.2, 0) is 0 Å². The van der Waals surface area contributed by atoms with Crippen molar-refractivity contribution < 1.29 is 0 Å². The molecule has 0 aliphatic rings. The van der Waals surface area contributed by atoms with Crippen LogP contribution in [0.15, 0.2) is 48.5 Å². The molecule has 0 atom stereocenters. The molecule has 0 radical (unpaired) electrons. The zero-order chi connectivity index (χ0) is 13.4. The Balaban J connectivity index is 2.32. The normalized spacial score (nSPS) is 10.8. The predicted molar refractivity (Wildman–Crippen MR) is 81.1 cm³/mol. The van der Waals surface area contributed by atoms with E-state index in [0.717, 1.165) is 27.8 Å². The SMILES string of the molecule is Cc1ccc2c(N)cc(-c3ccccc3)nc2c1C. The number of rotatable bonds is 1. The van der Waals surface area contributed by atoms with Crippen LogP contribution in [0, 0.1) is 13.8 Å².